The van der Waals surface area contributed by atoms with E-state index in [0.717, 1.165) is 39.1 Å². The van der Waals surface area contributed by atoms with E-state index in [2.05, 4.69) is 44.3 Å². The Balaban J connectivity index is 2.16. The molecule has 7 heteroatoms. The molecule has 0 atom stereocenters. The van der Waals surface area contributed by atoms with E-state index < -0.39 is 0 Å². The summed E-state index contributed by atoms with van der Waals surface area (Å²) in [6.07, 6.45) is 1.97. The minimum atomic E-state index is 0.375. The van der Waals surface area contributed by atoms with Gasteiger partial charge in [-0.2, -0.15) is 15.0 Å². The van der Waals surface area contributed by atoms with Crippen LogP contribution in [0.3, 0.4) is 0 Å². The summed E-state index contributed by atoms with van der Waals surface area (Å²) in [6, 6.07) is 0.375. The summed E-state index contributed by atoms with van der Waals surface area (Å²) in [5.74, 6) is 1.94. The number of ether oxygens (including phenoxy) is 1. The van der Waals surface area contributed by atoms with Gasteiger partial charge in [-0.1, -0.05) is 0 Å². The lowest BCUT2D eigenvalue weighted by molar-refractivity contribution is 0.0903. The number of anilines is 3. The normalized spacial score (nSPS) is 15.9. The smallest absolute Gasteiger partial charge is 0.231 e. The monoisotopic (exact) mass is 280 g/mol. The van der Waals surface area contributed by atoms with Crippen LogP contribution >= 0.6 is 0 Å². The first-order chi connectivity index (χ1) is 9.76. The van der Waals surface area contributed by atoms with Gasteiger partial charge in [0.15, 0.2) is 0 Å². The van der Waals surface area contributed by atoms with E-state index in [1.165, 1.54) is 0 Å². The number of hydrogen-bond donors (Lipinski definition) is 2. The molecule has 20 heavy (non-hydrogen) atoms. The van der Waals surface area contributed by atoms with Gasteiger partial charge in [0.25, 0.3) is 0 Å². The lowest BCUT2D eigenvalue weighted by Gasteiger charge is -2.24. The molecule has 0 aromatic carbocycles. The Hall–Kier alpha value is -1.63. The van der Waals surface area contributed by atoms with Crippen molar-refractivity contribution < 1.29 is 4.74 Å². The number of hydrogen-bond acceptors (Lipinski definition) is 7. The fourth-order valence-corrected chi connectivity index (χ4v) is 2.21. The predicted octanol–water partition coefficient (Wildman–Crippen LogP) is 1.35. The van der Waals surface area contributed by atoms with E-state index in [1.807, 2.05) is 7.05 Å². The molecule has 1 aliphatic rings. The van der Waals surface area contributed by atoms with Gasteiger partial charge in [-0.05, 0) is 26.7 Å². The van der Waals surface area contributed by atoms with Gasteiger partial charge in [-0.3, -0.25) is 0 Å². The molecule has 1 aromatic heterocycles. The standard InChI is InChI=1S/C13H24N6O/c1-4-19(5-2)13-17-11(14-3)16-12(18-13)15-10-6-8-20-9-7-10/h10H,4-9H2,1-3H3,(H2,14,15,16,17,18). The number of nitrogens with zero attached hydrogens (tertiary/aromatic N) is 4. The molecular formula is C13H24N6O. The van der Waals surface area contributed by atoms with Crippen LogP contribution in [0.1, 0.15) is 26.7 Å². The van der Waals surface area contributed by atoms with Crippen LogP contribution in [0.25, 0.3) is 0 Å². The number of nitrogens with one attached hydrogen (secondary N) is 2. The van der Waals surface area contributed by atoms with E-state index >= 15 is 0 Å². The molecule has 0 aliphatic carbocycles. The molecule has 0 spiro atoms. The molecule has 1 aliphatic heterocycles. The first kappa shape index (κ1) is 14.8. The first-order valence-corrected chi connectivity index (χ1v) is 7.29. The molecule has 1 aromatic rings. The maximum Gasteiger partial charge on any atom is 0.231 e. The third-order valence-corrected chi connectivity index (χ3v) is 3.45. The molecule has 0 amide bonds. The van der Waals surface area contributed by atoms with Gasteiger partial charge < -0.3 is 20.3 Å². The Kier molecular flexibility index (Phi) is 5.34. The lowest BCUT2D eigenvalue weighted by Crippen LogP contribution is -2.30. The summed E-state index contributed by atoms with van der Waals surface area (Å²) in [4.78, 5) is 15.4. The van der Waals surface area contributed by atoms with Gasteiger partial charge >= 0.3 is 0 Å². The van der Waals surface area contributed by atoms with E-state index in [0.29, 0.717) is 23.9 Å². The zero-order chi connectivity index (χ0) is 14.4. The summed E-state index contributed by atoms with van der Waals surface area (Å²) in [6.45, 7) is 7.53. The highest BCUT2D eigenvalue weighted by Gasteiger charge is 2.16. The van der Waals surface area contributed by atoms with Gasteiger partial charge in [0.2, 0.25) is 17.8 Å². The zero-order valence-corrected chi connectivity index (χ0v) is 12.5. The van der Waals surface area contributed by atoms with Gasteiger partial charge in [0.05, 0.1) is 0 Å². The summed E-state index contributed by atoms with van der Waals surface area (Å²) in [7, 11) is 1.82. The molecule has 0 saturated carbocycles. The van der Waals surface area contributed by atoms with E-state index in [9.17, 15) is 0 Å². The SMILES string of the molecule is CCN(CC)c1nc(NC)nc(NC2CCOCC2)n1. The Morgan fingerprint density at radius 2 is 1.75 bits per heavy atom. The molecule has 1 saturated heterocycles. The molecule has 2 heterocycles. The minimum Gasteiger partial charge on any atom is -0.381 e. The third kappa shape index (κ3) is 3.69. The maximum absolute atomic E-state index is 5.37. The predicted molar refractivity (Wildman–Crippen MR) is 80.4 cm³/mol. The van der Waals surface area contributed by atoms with Crippen molar-refractivity contribution in [2.45, 2.75) is 32.7 Å². The van der Waals surface area contributed by atoms with Gasteiger partial charge in [0.1, 0.15) is 0 Å². The summed E-state index contributed by atoms with van der Waals surface area (Å²) in [5, 5.41) is 6.38. The fraction of sp³-hybridized carbons (Fsp3) is 0.769. The Labute approximate surface area is 120 Å². The minimum absolute atomic E-state index is 0.375. The van der Waals surface area contributed by atoms with E-state index in [-0.39, 0.29) is 0 Å². The molecule has 1 fully saturated rings. The van der Waals surface area contributed by atoms with Crippen molar-refractivity contribution in [1.29, 1.82) is 0 Å². The quantitative estimate of drug-likeness (QED) is 0.814. The van der Waals surface area contributed by atoms with Crippen molar-refractivity contribution in [3.63, 3.8) is 0 Å². The Morgan fingerprint density at radius 1 is 1.10 bits per heavy atom. The third-order valence-electron chi connectivity index (χ3n) is 3.45. The topological polar surface area (TPSA) is 75.2 Å². The fourth-order valence-electron chi connectivity index (χ4n) is 2.21. The Bertz CT molecular complexity index is 417. The van der Waals surface area contributed by atoms with E-state index in [4.69, 9.17) is 4.74 Å². The van der Waals surface area contributed by atoms with Crippen molar-refractivity contribution in [2.75, 3.05) is 48.9 Å². The molecule has 0 bridgehead atoms. The zero-order valence-electron chi connectivity index (χ0n) is 12.5. The van der Waals surface area contributed by atoms with Gasteiger partial charge in [-0.25, -0.2) is 0 Å². The summed E-state index contributed by atoms with van der Waals surface area (Å²) < 4.78 is 5.37. The van der Waals surface area contributed by atoms with Gasteiger partial charge in [0, 0.05) is 39.4 Å². The molecule has 7 nitrogen and oxygen atoms in total. The van der Waals surface area contributed by atoms with Crippen LogP contribution in [-0.4, -0.2) is 54.3 Å². The summed E-state index contributed by atoms with van der Waals surface area (Å²) in [5.41, 5.74) is 0. The maximum atomic E-state index is 5.37. The van der Waals surface area contributed by atoms with Crippen molar-refractivity contribution in [3.8, 4) is 0 Å². The van der Waals surface area contributed by atoms with Gasteiger partial charge in [-0.15, -0.1) is 0 Å². The molecule has 0 radical (unpaired) electrons. The molecule has 0 unspecified atom stereocenters. The van der Waals surface area contributed by atoms with Crippen molar-refractivity contribution >= 4 is 17.8 Å². The van der Waals surface area contributed by atoms with Crippen LogP contribution < -0.4 is 15.5 Å². The van der Waals surface area contributed by atoms with Crippen molar-refractivity contribution in [1.82, 2.24) is 15.0 Å². The van der Waals surface area contributed by atoms with Crippen molar-refractivity contribution in [3.05, 3.63) is 0 Å². The second kappa shape index (κ2) is 7.23. The number of rotatable bonds is 6. The highest BCUT2D eigenvalue weighted by atomic mass is 16.5. The largest absolute Gasteiger partial charge is 0.381 e. The molecule has 112 valence electrons. The average molecular weight is 280 g/mol. The second-order valence-electron chi connectivity index (χ2n) is 4.74. The molecule has 2 N–H and O–H groups in total. The van der Waals surface area contributed by atoms with Crippen LogP contribution in [0, 0.1) is 0 Å². The lowest BCUT2D eigenvalue weighted by atomic mass is 10.1. The van der Waals surface area contributed by atoms with Crippen LogP contribution in [0.5, 0.6) is 0 Å². The van der Waals surface area contributed by atoms with Crippen molar-refractivity contribution in [2.24, 2.45) is 0 Å². The molecule has 2 rings (SSSR count). The second-order valence-corrected chi connectivity index (χ2v) is 4.74. The van der Waals surface area contributed by atoms with E-state index in [1.54, 1.807) is 0 Å². The van der Waals surface area contributed by atoms with Crippen LogP contribution in [0.15, 0.2) is 0 Å². The Morgan fingerprint density at radius 3 is 2.35 bits per heavy atom. The highest BCUT2D eigenvalue weighted by molar-refractivity contribution is 5.43. The molecular weight excluding hydrogens is 256 g/mol. The highest BCUT2D eigenvalue weighted by Crippen LogP contribution is 2.16. The number of aromatic nitrogens is 3. The van der Waals surface area contributed by atoms with Crippen LogP contribution in [0.4, 0.5) is 17.8 Å². The summed E-state index contributed by atoms with van der Waals surface area (Å²) >= 11 is 0. The first-order valence-electron chi connectivity index (χ1n) is 7.29. The van der Waals surface area contributed by atoms with Crippen LogP contribution in [0.2, 0.25) is 0 Å². The average Bonchev–Trinajstić information content (AvgIpc) is 2.49. The van der Waals surface area contributed by atoms with Crippen LogP contribution in [-0.2, 0) is 4.74 Å².